The second-order valence-corrected chi connectivity index (χ2v) is 8.28. The van der Waals surface area contributed by atoms with Crippen LogP contribution in [-0.2, 0) is 11.2 Å². The van der Waals surface area contributed by atoms with E-state index >= 15 is 0 Å². The quantitative estimate of drug-likeness (QED) is 0.466. The Morgan fingerprint density at radius 1 is 1.18 bits per heavy atom. The van der Waals surface area contributed by atoms with Gasteiger partial charge in [-0.05, 0) is 25.1 Å². The van der Waals surface area contributed by atoms with Crippen LogP contribution in [0.2, 0.25) is 0 Å². The van der Waals surface area contributed by atoms with E-state index in [0.29, 0.717) is 31.0 Å². The third-order valence-electron chi connectivity index (χ3n) is 5.75. The van der Waals surface area contributed by atoms with Crippen molar-refractivity contribution in [2.24, 2.45) is 5.92 Å². The lowest BCUT2D eigenvalue weighted by Crippen LogP contribution is -2.28. The lowest BCUT2D eigenvalue weighted by Gasteiger charge is -2.19. The molecule has 0 bridgehead atoms. The molecule has 0 spiro atoms. The highest BCUT2D eigenvalue weighted by Gasteiger charge is 2.31. The van der Waals surface area contributed by atoms with E-state index in [9.17, 15) is 9.18 Å². The van der Waals surface area contributed by atoms with Crippen molar-refractivity contribution < 1.29 is 13.9 Å². The van der Waals surface area contributed by atoms with E-state index in [1.165, 1.54) is 12.3 Å². The summed E-state index contributed by atoms with van der Waals surface area (Å²) in [6.07, 6.45) is 8.27. The monoisotopic (exact) mass is 446 g/mol. The number of carbonyl (C=O) groups excluding carboxylic acids is 1. The van der Waals surface area contributed by atoms with Gasteiger partial charge in [-0.15, -0.1) is 0 Å². The lowest BCUT2D eigenvalue weighted by molar-refractivity contribution is -0.119. The number of aryl methyl sites for hydroxylation is 1. The Kier molecular flexibility index (Phi) is 5.78. The van der Waals surface area contributed by atoms with E-state index in [1.54, 1.807) is 18.6 Å². The molecule has 0 aromatic carbocycles. The van der Waals surface area contributed by atoms with Gasteiger partial charge in [0, 0.05) is 60.9 Å². The molecule has 1 N–H and O–H groups in total. The molecule has 2 atom stereocenters. The van der Waals surface area contributed by atoms with Crippen LogP contribution >= 0.6 is 0 Å². The van der Waals surface area contributed by atoms with E-state index in [4.69, 9.17) is 4.74 Å². The van der Waals surface area contributed by atoms with Crippen molar-refractivity contribution in [3.05, 3.63) is 72.5 Å². The first-order chi connectivity index (χ1) is 16.0. The maximum atomic E-state index is 13.4. The maximum Gasteiger partial charge on any atom is 0.145 e. The summed E-state index contributed by atoms with van der Waals surface area (Å²) in [6.45, 7) is 3.21. The summed E-state index contributed by atoms with van der Waals surface area (Å²) in [5.74, 6) is 0.00505. The van der Waals surface area contributed by atoms with Gasteiger partial charge in [-0.2, -0.15) is 5.10 Å². The number of rotatable bonds is 7. The average Bonchev–Trinajstić information content (AvgIpc) is 3.40. The molecule has 0 amide bonds. The van der Waals surface area contributed by atoms with Crippen LogP contribution < -0.4 is 10.1 Å². The van der Waals surface area contributed by atoms with Gasteiger partial charge in [0.15, 0.2) is 0 Å². The molecular weight excluding hydrogens is 423 g/mol. The smallest absolute Gasteiger partial charge is 0.145 e. The highest BCUT2D eigenvalue weighted by atomic mass is 19.1. The fourth-order valence-corrected chi connectivity index (χ4v) is 4.19. The Bertz CT molecular complexity index is 1310. The van der Waals surface area contributed by atoms with Crippen LogP contribution in [0.1, 0.15) is 17.8 Å². The molecule has 1 fully saturated rings. The summed E-state index contributed by atoms with van der Waals surface area (Å²) in [4.78, 5) is 25.3. The number of aromatic nitrogens is 5. The van der Waals surface area contributed by atoms with Gasteiger partial charge < -0.3 is 10.1 Å². The van der Waals surface area contributed by atoms with Gasteiger partial charge in [0.2, 0.25) is 0 Å². The molecule has 1 saturated heterocycles. The topological polar surface area (TPSA) is 94.8 Å². The van der Waals surface area contributed by atoms with Gasteiger partial charge in [0.1, 0.15) is 23.5 Å². The van der Waals surface area contributed by atoms with Crippen molar-refractivity contribution in [1.82, 2.24) is 30.0 Å². The largest absolute Gasteiger partial charge is 0.487 e. The summed E-state index contributed by atoms with van der Waals surface area (Å²) in [5.41, 5.74) is 3.39. The molecule has 5 rings (SSSR count). The minimum atomic E-state index is -0.449. The second-order valence-electron chi connectivity index (χ2n) is 8.28. The first kappa shape index (κ1) is 21.1. The van der Waals surface area contributed by atoms with Crippen LogP contribution in [0.15, 0.2) is 55.2 Å². The van der Waals surface area contributed by atoms with Crippen molar-refractivity contribution >= 4 is 16.7 Å². The van der Waals surface area contributed by atoms with Gasteiger partial charge in [-0.1, -0.05) is 0 Å². The molecule has 0 unspecified atom stereocenters. The van der Waals surface area contributed by atoms with E-state index in [-0.39, 0.29) is 24.2 Å². The maximum absolute atomic E-state index is 13.4. The van der Waals surface area contributed by atoms with E-state index in [1.807, 2.05) is 29.8 Å². The zero-order valence-corrected chi connectivity index (χ0v) is 18.1. The molecular formula is C24H23FN6O2. The van der Waals surface area contributed by atoms with Gasteiger partial charge >= 0.3 is 0 Å². The first-order valence-corrected chi connectivity index (χ1v) is 10.8. The number of carbonyl (C=O) groups is 1. The molecule has 0 saturated carbocycles. The van der Waals surface area contributed by atoms with Gasteiger partial charge in [-0.25, -0.2) is 9.07 Å². The second kappa shape index (κ2) is 9.03. The number of ether oxygens (including phenoxy) is 1. The molecule has 0 radical (unpaired) electrons. The Labute approximate surface area is 189 Å². The van der Waals surface area contributed by atoms with Crippen LogP contribution in [0.4, 0.5) is 4.39 Å². The summed E-state index contributed by atoms with van der Waals surface area (Å²) in [6, 6.07) is 7.06. The number of hydrogen-bond donors (Lipinski definition) is 1. The predicted octanol–water partition coefficient (Wildman–Crippen LogP) is 2.83. The fourth-order valence-electron chi connectivity index (χ4n) is 4.19. The molecule has 1 aliphatic heterocycles. The van der Waals surface area contributed by atoms with Crippen LogP contribution in [0.3, 0.4) is 0 Å². The standard InChI is InChI=1S/C24H23FN6O2/c1-15-4-20(2-3-28-15)31-23-13-29-19(5-16(23)10-30-31)8-21(32)6-17-9-26-14-24(17)33-22-7-18(25)11-27-12-22/h2-5,7,10-13,17,24,26H,6,8-9,14H2,1H3/t17-,24-/m0/s1. The van der Waals surface area contributed by atoms with Gasteiger partial charge in [0.05, 0.1) is 36.0 Å². The highest BCUT2D eigenvalue weighted by molar-refractivity contribution is 5.84. The summed E-state index contributed by atoms with van der Waals surface area (Å²) >= 11 is 0. The van der Waals surface area contributed by atoms with Crippen LogP contribution in [-0.4, -0.2) is 49.7 Å². The van der Waals surface area contributed by atoms with E-state index in [0.717, 1.165) is 28.5 Å². The number of ketones is 1. The number of Topliss-reactive ketones (excluding diaryl/α,β-unsaturated/α-hetero) is 1. The average molecular weight is 446 g/mol. The van der Waals surface area contributed by atoms with Gasteiger partial charge in [0.25, 0.3) is 0 Å². The highest BCUT2D eigenvalue weighted by Crippen LogP contribution is 2.23. The number of pyridine rings is 3. The first-order valence-electron chi connectivity index (χ1n) is 10.8. The van der Waals surface area contributed by atoms with Crippen molar-refractivity contribution in [1.29, 1.82) is 0 Å². The van der Waals surface area contributed by atoms with Crippen LogP contribution in [0.5, 0.6) is 5.75 Å². The number of nitrogens with one attached hydrogen (secondary N) is 1. The Morgan fingerprint density at radius 2 is 2.09 bits per heavy atom. The third kappa shape index (κ3) is 4.73. The molecule has 9 heteroatoms. The summed E-state index contributed by atoms with van der Waals surface area (Å²) in [5, 5.41) is 8.64. The zero-order valence-electron chi connectivity index (χ0n) is 18.1. The van der Waals surface area contributed by atoms with Crippen molar-refractivity contribution in [3.8, 4) is 11.4 Å². The minimum Gasteiger partial charge on any atom is -0.487 e. The van der Waals surface area contributed by atoms with Crippen LogP contribution in [0, 0.1) is 18.7 Å². The molecule has 4 aromatic rings. The van der Waals surface area contributed by atoms with Crippen molar-refractivity contribution in [3.63, 3.8) is 0 Å². The van der Waals surface area contributed by atoms with Crippen molar-refractivity contribution in [2.75, 3.05) is 13.1 Å². The van der Waals surface area contributed by atoms with E-state index < -0.39 is 5.82 Å². The van der Waals surface area contributed by atoms with Crippen LogP contribution in [0.25, 0.3) is 16.6 Å². The molecule has 0 aliphatic carbocycles. The van der Waals surface area contributed by atoms with Gasteiger partial charge in [-0.3, -0.25) is 19.7 Å². The Balaban J connectivity index is 1.25. The fraction of sp³-hybridized carbons (Fsp3) is 0.292. The summed E-state index contributed by atoms with van der Waals surface area (Å²) in [7, 11) is 0. The molecule has 168 valence electrons. The summed E-state index contributed by atoms with van der Waals surface area (Å²) < 4.78 is 21.1. The predicted molar refractivity (Wildman–Crippen MR) is 120 cm³/mol. The molecule has 1 aliphatic rings. The number of fused-ring (bicyclic) bond motifs is 1. The Hall–Kier alpha value is -3.72. The lowest BCUT2D eigenvalue weighted by atomic mass is 9.97. The SMILES string of the molecule is Cc1cc(-n2ncc3cc(CC(=O)C[C@H]4CNC[C@@H]4Oc4cncc(F)c4)ncc32)ccn1. The van der Waals surface area contributed by atoms with Crippen molar-refractivity contribution in [2.45, 2.75) is 25.9 Å². The Morgan fingerprint density at radius 3 is 2.94 bits per heavy atom. The third-order valence-corrected chi connectivity index (χ3v) is 5.75. The normalized spacial score (nSPS) is 18.0. The minimum absolute atomic E-state index is 0.00202. The number of halogens is 1. The molecule has 8 nitrogen and oxygen atoms in total. The zero-order chi connectivity index (χ0) is 22.8. The van der Waals surface area contributed by atoms with E-state index in [2.05, 4.69) is 25.4 Å². The number of hydrogen-bond acceptors (Lipinski definition) is 7. The number of nitrogens with zero attached hydrogens (tertiary/aromatic N) is 5. The molecule has 33 heavy (non-hydrogen) atoms. The molecule has 5 heterocycles. The molecule has 4 aromatic heterocycles.